The lowest BCUT2D eigenvalue weighted by Gasteiger charge is -2.26. The van der Waals surface area contributed by atoms with Gasteiger partial charge in [-0.05, 0) is 77.4 Å². The number of nitrogens with one attached hydrogen (secondary N) is 1. The number of imide groups is 2. The van der Waals surface area contributed by atoms with Crippen molar-refractivity contribution >= 4 is 67.9 Å². The molecule has 196 valence electrons. The summed E-state index contributed by atoms with van der Waals surface area (Å²) in [6.07, 6.45) is 1.37. The first-order valence-electron chi connectivity index (χ1n) is 12.1. The number of fused-ring (bicyclic) bond motifs is 1. The average molecular weight is 606 g/mol. The van der Waals surface area contributed by atoms with Crippen LogP contribution in [0, 0.1) is 0 Å². The largest absolute Gasteiger partial charge is 0.490 e. The van der Waals surface area contributed by atoms with Crippen molar-refractivity contribution in [3.63, 3.8) is 0 Å². The molecular formula is C30H22BrClN2O5. The van der Waals surface area contributed by atoms with E-state index in [-0.39, 0.29) is 17.2 Å². The van der Waals surface area contributed by atoms with Crippen molar-refractivity contribution in [1.29, 1.82) is 0 Å². The number of carbonyl (C=O) groups is 3. The Labute approximate surface area is 238 Å². The maximum Gasteiger partial charge on any atom is 0.335 e. The lowest BCUT2D eigenvalue weighted by Crippen LogP contribution is -2.54. The number of nitrogens with zero attached hydrogens (tertiary/aromatic N) is 1. The summed E-state index contributed by atoms with van der Waals surface area (Å²) in [7, 11) is 0. The minimum absolute atomic E-state index is 0.221. The van der Waals surface area contributed by atoms with Crippen LogP contribution in [0.3, 0.4) is 0 Å². The molecule has 4 aromatic rings. The summed E-state index contributed by atoms with van der Waals surface area (Å²) in [5.74, 6) is -0.845. The molecule has 9 heteroatoms. The van der Waals surface area contributed by atoms with Gasteiger partial charge in [-0.25, -0.2) is 9.69 Å². The van der Waals surface area contributed by atoms with Crippen molar-refractivity contribution in [1.82, 2.24) is 5.32 Å². The van der Waals surface area contributed by atoms with Crippen molar-refractivity contribution in [2.75, 3.05) is 11.5 Å². The third-order valence-corrected chi connectivity index (χ3v) is 6.84. The Morgan fingerprint density at radius 3 is 2.41 bits per heavy atom. The first kappa shape index (κ1) is 26.5. The highest BCUT2D eigenvalue weighted by molar-refractivity contribution is 9.10. The fraction of sp³-hybridized carbons (Fsp3) is 0.100. The van der Waals surface area contributed by atoms with Crippen LogP contribution >= 0.6 is 27.5 Å². The monoisotopic (exact) mass is 604 g/mol. The molecule has 0 aliphatic carbocycles. The van der Waals surface area contributed by atoms with Crippen LogP contribution in [0.25, 0.3) is 16.8 Å². The summed E-state index contributed by atoms with van der Waals surface area (Å²) in [4.78, 5) is 39.2. The third kappa shape index (κ3) is 5.67. The van der Waals surface area contributed by atoms with Crippen molar-refractivity contribution in [3.05, 3.63) is 105 Å². The van der Waals surface area contributed by atoms with Gasteiger partial charge in [-0.15, -0.1) is 0 Å². The Morgan fingerprint density at radius 1 is 0.923 bits per heavy atom. The zero-order chi connectivity index (χ0) is 27.5. The van der Waals surface area contributed by atoms with Gasteiger partial charge in [0.25, 0.3) is 11.8 Å². The van der Waals surface area contributed by atoms with Gasteiger partial charge in [-0.3, -0.25) is 14.9 Å². The number of rotatable bonds is 7. The highest BCUT2D eigenvalue weighted by atomic mass is 79.9. The van der Waals surface area contributed by atoms with E-state index in [9.17, 15) is 14.4 Å². The molecule has 1 heterocycles. The van der Waals surface area contributed by atoms with E-state index in [2.05, 4.69) is 21.2 Å². The molecule has 4 amide bonds. The number of anilines is 1. The van der Waals surface area contributed by atoms with Crippen molar-refractivity contribution in [2.45, 2.75) is 13.5 Å². The van der Waals surface area contributed by atoms with Gasteiger partial charge >= 0.3 is 6.03 Å². The van der Waals surface area contributed by atoms with E-state index < -0.39 is 17.8 Å². The molecule has 0 radical (unpaired) electrons. The van der Waals surface area contributed by atoms with Crippen LogP contribution in [-0.2, 0) is 16.2 Å². The molecular weight excluding hydrogens is 584 g/mol. The predicted molar refractivity (Wildman–Crippen MR) is 154 cm³/mol. The van der Waals surface area contributed by atoms with Gasteiger partial charge in [-0.2, -0.15) is 0 Å². The van der Waals surface area contributed by atoms with E-state index in [0.29, 0.717) is 29.4 Å². The Kier molecular flexibility index (Phi) is 7.67. The molecule has 7 nitrogen and oxygen atoms in total. The average Bonchev–Trinajstić information content (AvgIpc) is 2.91. The SMILES string of the molecule is CCOc1cc(/C=C2\C(=O)NC(=O)N(c3ccc(Br)cc3)C2=O)cc(Cl)c1OCc1ccc2ccccc2c1. The maximum atomic E-state index is 13.2. The van der Waals surface area contributed by atoms with Gasteiger partial charge in [0.15, 0.2) is 11.5 Å². The number of halogens is 2. The van der Waals surface area contributed by atoms with Gasteiger partial charge in [0.2, 0.25) is 0 Å². The van der Waals surface area contributed by atoms with E-state index >= 15 is 0 Å². The molecule has 0 spiro atoms. The van der Waals surface area contributed by atoms with E-state index in [1.165, 1.54) is 6.08 Å². The molecule has 0 atom stereocenters. The smallest absolute Gasteiger partial charge is 0.335 e. The van der Waals surface area contributed by atoms with Crippen LogP contribution in [0.1, 0.15) is 18.1 Å². The summed E-state index contributed by atoms with van der Waals surface area (Å²) in [5.41, 5.74) is 1.50. The topological polar surface area (TPSA) is 84.9 Å². The zero-order valence-corrected chi connectivity index (χ0v) is 23.1. The van der Waals surface area contributed by atoms with Gasteiger partial charge in [0.1, 0.15) is 12.2 Å². The van der Waals surface area contributed by atoms with Gasteiger partial charge in [0, 0.05) is 4.47 Å². The number of hydrogen-bond acceptors (Lipinski definition) is 5. The second-order valence-corrected chi connectivity index (χ2v) is 9.99. The normalized spacial score (nSPS) is 14.6. The maximum absolute atomic E-state index is 13.2. The second kappa shape index (κ2) is 11.3. The fourth-order valence-corrected chi connectivity index (χ4v) is 4.75. The minimum Gasteiger partial charge on any atom is -0.490 e. The number of urea groups is 1. The third-order valence-electron chi connectivity index (χ3n) is 6.03. The molecule has 0 aromatic heterocycles. The summed E-state index contributed by atoms with van der Waals surface area (Å²) < 4.78 is 12.6. The van der Waals surface area contributed by atoms with Crippen LogP contribution in [0.5, 0.6) is 11.5 Å². The first-order valence-corrected chi connectivity index (χ1v) is 13.2. The Morgan fingerprint density at radius 2 is 1.67 bits per heavy atom. The van der Waals surface area contributed by atoms with Crippen LogP contribution in [0.15, 0.2) is 88.9 Å². The molecule has 0 bridgehead atoms. The standard InChI is InChI=1S/C30H22BrClN2O5/c1-2-38-26-16-19(14-24-28(35)33-30(37)34(29(24)36)23-11-9-22(31)10-12-23)15-25(32)27(26)39-17-18-7-8-20-5-3-4-6-21(20)13-18/h3-16H,2,17H2,1H3,(H,33,35,37)/b24-14+. The van der Waals surface area contributed by atoms with Gasteiger partial charge in [-0.1, -0.05) is 63.9 Å². The second-order valence-electron chi connectivity index (χ2n) is 8.67. The molecule has 1 aliphatic heterocycles. The quantitative estimate of drug-likeness (QED) is 0.183. The number of benzene rings is 4. The Hall–Kier alpha value is -4.14. The van der Waals surface area contributed by atoms with E-state index in [1.54, 1.807) is 36.4 Å². The first-order chi connectivity index (χ1) is 18.8. The minimum atomic E-state index is -0.824. The fourth-order valence-electron chi connectivity index (χ4n) is 4.21. The van der Waals surface area contributed by atoms with Crippen molar-refractivity contribution < 1.29 is 23.9 Å². The van der Waals surface area contributed by atoms with Crippen LogP contribution in [-0.4, -0.2) is 24.5 Å². The summed E-state index contributed by atoms with van der Waals surface area (Å²) in [6, 6.07) is 23.1. The zero-order valence-electron chi connectivity index (χ0n) is 20.7. The molecule has 5 rings (SSSR count). The Balaban J connectivity index is 1.43. The molecule has 1 N–H and O–H groups in total. The molecule has 39 heavy (non-hydrogen) atoms. The molecule has 1 saturated heterocycles. The number of amides is 4. The van der Waals surface area contributed by atoms with Crippen LogP contribution < -0.4 is 19.7 Å². The van der Waals surface area contributed by atoms with Gasteiger partial charge in [0.05, 0.1) is 17.3 Å². The summed E-state index contributed by atoms with van der Waals surface area (Å²) in [6.45, 7) is 2.43. The number of barbiturate groups is 1. The van der Waals surface area contributed by atoms with Crippen LogP contribution in [0.4, 0.5) is 10.5 Å². The number of hydrogen-bond donors (Lipinski definition) is 1. The van der Waals surface area contributed by atoms with E-state index in [4.69, 9.17) is 21.1 Å². The molecule has 0 unspecified atom stereocenters. The molecule has 0 saturated carbocycles. The Bertz CT molecular complexity index is 1630. The van der Waals surface area contributed by atoms with Crippen molar-refractivity contribution in [3.8, 4) is 11.5 Å². The predicted octanol–water partition coefficient (Wildman–Crippen LogP) is 6.90. The highest BCUT2D eigenvalue weighted by Gasteiger charge is 2.36. The van der Waals surface area contributed by atoms with E-state index in [1.807, 2.05) is 49.4 Å². The lowest BCUT2D eigenvalue weighted by molar-refractivity contribution is -0.122. The molecule has 1 fully saturated rings. The highest BCUT2D eigenvalue weighted by Crippen LogP contribution is 2.38. The molecule has 1 aliphatic rings. The summed E-state index contributed by atoms with van der Waals surface area (Å²) >= 11 is 9.92. The molecule has 4 aromatic carbocycles. The lowest BCUT2D eigenvalue weighted by atomic mass is 10.1. The summed E-state index contributed by atoms with van der Waals surface area (Å²) in [5, 5.41) is 4.70. The van der Waals surface area contributed by atoms with Crippen LogP contribution in [0.2, 0.25) is 5.02 Å². The van der Waals surface area contributed by atoms with Gasteiger partial charge < -0.3 is 9.47 Å². The van der Waals surface area contributed by atoms with E-state index in [0.717, 1.165) is 25.7 Å². The number of ether oxygens (including phenoxy) is 2. The number of carbonyl (C=O) groups excluding carboxylic acids is 3. The van der Waals surface area contributed by atoms with Crippen molar-refractivity contribution in [2.24, 2.45) is 0 Å².